The lowest BCUT2D eigenvalue weighted by atomic mass is 9.69. The van der Waals surface area contributed by atoms with Crippen LogP contribution in [0.5, 0.6) is 0 Å². The Labute approximate surface area is 120 Å². The smallest absolute Gasteiger partial charge is 0.168 e. The van der Waals surface area contributed by atoms with Crippen molar-refractivity contribution in [3.05, 3.63) is 23.9 Å². The minimum Gasteiger partial charge on any atom is -0.384 e. The van der Waals surface area contributed by atoms with Crippen molar-refractivity contribution in [1.82, 2.24) is 4.98 Å². The Kier molecular flexibility index (Phi) is 4.14. The van der Waals surface area contributed by atoms with Gasteiger partial charge in [-0.1, -0.05) is 13.8 Å². The molecular weight excluding hydrogens is 252 g/mol. The van der Waals surface area contributed by atoms with Crippen molar-refractivity contribution >= 4 is 11.6 Å². The minimum atomic E-state index is -0.618. The topological polar surface area (TPSA) is 65.2 Å². The predicted octanol–water partition coefficient (Wildman–Crippen LogP) is 2.76. The number of methoxy groups -OCH3 is 1. The summed E-state index contributed by atoms with van der Waals surface area (Å²) in [4.78, 5) is 16.6. The highest BCUT2D eigenvalue weighted by atomic mass is 16.5. The van der Waals surface area contributed by atoms with Gasteiger partial charge in [-0.05, 0) is 48.8 Å². The number of ketones is 1. The first kappa shape index (κ1) is 15.0. The molecule has 0 aromatic carbocycles. The number of carbonyl (C=O) groups excluding carboxylic acids is 1. The number of Topliss-reactive ketones (excluding diaryl/α,β-unsaturated/α-hetero) is 1. The fraction of sp³-hybridized carbons (Fsp3) is 0.625. The Morgan fingerprint density at radius 3 is 2.55 bits per heavy atom. The van der Waals surface area contributed by atoms with Crippen LogP contribution in [-0.4, -0.2) is 23.5 Å². The third-order valence-electron chi connectivity index (χ3n) is 4.52. The summed E-state index contributed by atoms with van der Waals surface area (Å²) in [5, 5.41) is 0. The molecule has 110 valence electrons. The molecule has 1 fully saturated rings. The Hall–Kier alpha value is -1.42. The van der Waals surface area contributed by atoms with Gasteiger partial charge in [-0.2, -0.15) is 0 Å². The molecule has 1 heterocycles. The van der Waals surface area contributed by atoms with Crippen molar-refractivity contribution in [3.63, 3.8) is 0 Å². The van der Waals surface area contributed by atoms with Crippen molar-refractivity contribution in [2.45, 2.75) is 51.6 Å². The van der Waals surface area contributed by atoms with Gasteiger partial charge in [-0.15, -0.1) is 0 Å². The third kappa shape index (κ3) is 3.18. The van der Waals surface area contributed by atoms with E-state index in [1.54, 1.807) is 19.4 Å². The zero-order valence-electron chi connectivity index (χ0n) is 12.6. The molecule has 2 rings (SSSR count). The summed E-state index contributed by atoms with van der Waals surface area (Å²) >= 11 is 0. The van der Waals surface area contributed by atoms with E-state index >= 15 is 0 Å². The first-order valence-electron chi connectivity index (χ1n) is 7.16. The normalized spacial score (nSPS) is 20.6. The van der Waals surface area contributed by atoms with Crippen molar-refractivity contribution in [2.24, 2.45) is 5.41 Å². The molecule has 0 atom stereocenters. The van der Waals surface area contributed by atoms with Gasteiger partial charge in [0.05, 0.1) is 0 Å². The summed E-state index contributed by atoms with van der Waals surface area (Å²) in [6.45, 7) is 4.50. The van der Waals surface area contributed by atoms with Gasteiger partial charge in [-0.25, -0.2) is 4.98 Å². The third-order valence-corrected chi connectivity index (χ3v) is 4.52. The molecule has 0 amide bonds. The van der Waals surface area contributed by atoms with Gasteiger partial charge in [0.15, 0.2) is 5.78 Å². The van der Waals surface area contributed by atoms with Gasteiger partial charge in [0.25, 0.3) is 0 Å². The minimum absolute atomic E-state index is 0.154. The molecule has 0 bridgehead atoms. The molecular formula is C16H24N2O2. The van der Waals surface area contributed by atoms with Gasteiger partial charge in [0.2, 0.25) is 0 Å². The maximum absolute atomic E-state index is 12.7. The Morgan fingerprint density at radius 1 is 1.35 bits per heavy atom. The average molecular weight is 276 g/mol. The monoisotopic (exact) mass is 276 g/mol. The molecule has 4 heteroatoms. The van der Waals surface area contributed by atoms with Crippen LogP contribution in [0.15, 0.2) is 18.3 Å². The second-order valence-electron chi connectivity index (χ2n) is 6.55. The fourth-order valence-electron chi connectivity index (χ4n) is 2.88. The quantitative estimate of drug-likeness (QED) is 0.918. The average Bonchev–Trinajstić information content (AvgIpc) is 2.39. The number of nitrogens with zero attached hydrogens (tertiary/aromatic N) is 1. The number of aromatic nitrogens is 1. The number of nitrogens with two attached hydrogens (primary N) is 1. The summed E-state index contributed by atoms with van der Waals surface area (Å²) in [6.07, 6.45) is 5.64. The Bertz CT molecular complexity index is 487. The van der Waals surface area contributed by atoms with E-state index in [1.165, 1.54) is 0 Å². The zero-order chi connectivity index (χ0) is 14.8. The molecule has 20 heavy (non-hydrogen) atoms. The van der Waals surface area contributed by atoms with Crippen molar-refractivity contribution in [1.29, 1.82) is 0 Å². The lowest BCUT2D eigenvalue weighted by Gasteiger charge is -2.41. The summed E-state index contributed by atoms with van der Waals surface area (Å²) in [5.41, 5.74) is 6.26. The van der Waals surface area contributed by atoms with Crippen molar-refractivity contribution in [2.75, 3.05) is 12.8 Å². The highest BCUT2D eigenvalue weighted by Gasteiger charge is 2.43. The van der Waals surface area contributed by atoms with E-state index in [1.807, 2.05) is 6.07 Å². The van der Waals surface area contributed by atoms with Crippen LogP contribution in [0.4, 0.5) is 5.82 Å². The standard InChI is InChI=1S/C16H24N2O2/c1-15(2)5-7-16(20-3,8-6-15)13(19)10-12-4-9-18-14(17)11-12/h4,9,11H,5-8,10H2,1-3H3,(H2,17,18). The van der Waals surface area contributed by atoms with E-state index in [-0.39, 0.29) is 5.78 Å². The van der Waals surface area contributed by atoms with E-state index in [0.29, 0.717) is 17.7 Å². The van der Waals surface area contributed by atoms with Crippen LogP contribution >= 0.6 is 0 Å². The number of hydrogen-bond donors (Lipinski definition) is 1. The van der Waals surface area contributed by atoms with Gasteiger partial charge in [0.1, 0.15) is 11.4 Å². The molecule has 0 spiro atoms. The van der Waals surface area contributed by atoms with Crippen LogP contribution in [0, 0.1) is 5.41 Å². The van der Waals surface area contributed by atoms with Gasteiger partial charge >= 0.3 is 0 Å². The van der Waals surface area contributed by atoms with E-state index in [0.717, 1.165) is 31.2 Å². The van der Waals surface area contributed by atoms with Crippen LogP contribution in [-0.2, 0) is 16.0 Å². The Morgan fingerprint density at radius 2 is 2.00 bits per heavy atom. The molecule has 0 radical (unpaired) electrons. The van der Waals surface area contributed by atoms with Gasteiger partial charge in [-0.3, -0.25) is 4.79 Å². The molecule has 1 saturated carbocycles. The highest BCUT2D eigenvalue weighted by Crippen LogP contribution is 2.42. The maximum atomic E-state index is 12.7. The first-order valence-corrected chi connectivity index (χ1v) is 7.16. The number of rotatable bonds is 4. The molecule has 0 aliphatic heterocycles. The summed E-state index contributed by atoms with van der Waals surface area (Å²) in [5.74, 6) is 0.604. The fourth-order valence-corrected chi connectivity index (χ4v) is 2.88. The lowest BCUT2D eigenvalue weighted by molar-refractivity contribution is -0.147. The molecule has 1 aromatic heterocycles. The Balaban J connectivity index is 2.10. The van der Waals surface area contributed by atoms with Crippen LogP contribution in [0.3, 0.4) is 0 Å². The summed E-state index contributed by atoms with van der Waals surface area (Å²) < 4.78 is 5.64. The van der Waals surface area contributed by atoms with Crippen LogP contribution in [0.25, 0.3) is 0 Å². The molecule has 0 unspecified atom stereocenters. The van der Waals surface area contributed by atoms with Crippen molar-refractivity contribution in [3.8, 4) is 0 Å². The second kappa shape index (κ2) is 5.52. The van der Waals surface area contributed by atoms with Crippen molar-refractivity contribution < 1.29 is 9.53 Å². The summed E-state index contributed by atoms with van der Waals surface area (Å²) in [7, 11) is 1.65. The number of nitrogen functional groups attached to an aromatic ring is 1. The molecule has 0 saturated heterocycles. The van der Waals surface area contributed by atoms with Gasteiger partial charge < -0.3 is 10.5 Å². The van der Waals surface area contributed by atoms with Crippen LogP contribution < -0.4 is 5.73 Å². The first-order chi connectivity index (χ1) is 9.37. The van der Waals surface area contributed by atoms with Crippen LogP contribution in [0.2, 0.25) is 0 Å². The number of ether oxygens (including phenoxy) is 1. The molecule has 1 aromatic rings. The number of anilines is 1. The van der Waals surface area contributed by atoms with E-state index in [4.69, 9.17) is 10.5 Å². The van der Waals surface area contributed by atoms with E-state index in [9.17, 15) is 4.79 Å². The molecule has 1 aliphatic carbocycles. The largest absolute Gasteiger partial charge is 0.384 e. The number of pyridine rings is 1. The predicted molar refractivity (Wildman–Crippen MR) is 79.3 cm³/mol. The SMILES string of the molecule is COC1(C(=O)Cc2ccnc(N)c2)CCC(C)(C)CC1. The van der Waals surface area contributed by atoms with E-state index in [2.05, 4.69) is 18.8 Å². The maximum Gasteiger partial charge on any atom is 0.168 e. The highest BCUT2D eigenvalue weighted by molar-refractivity contribution is 5.89. The van der Waals surface area contributed by atoms with E-state index < -0.39 is 5.60 Å². The second-order valence-corrected chi connectivity index (χ2v) is 6.55. The number of hydrogen-bond acceptors (Lipinski definition) is 4. The lowest BCUT2D eigenvalue weighted by Crippen LogP contribution is -2.46. The van der Waals surface area contributed by atoms with Crippen LogP contribution in [0.1, 0.15) is 45.1 Å². The van der Waals surface area contributed by atoms with Gasteiger partial charge in [0, 0.05) is 19.7 Å². The molecule has 4 nitrogen and oxygen atoms in total. The zero-order valence-corrected chi connectivity index (χ0v) is 12.6. The number of carbonyl (C=O) groups is 1. The molecule has 1 aliphatic rings. The molecule has 2 N–H and O–H groups in total. The summed E-state index contributed by atoms with van der Waals surface area (Å²) in [6, 6.07) is 3.60.